The molecule has 0 bridgehead atoms. The average Bonchev–Trinajstić information content (AvgIpc) is 3.58. The Balaban J connectivity index is 1.39. The number of fused-ring (bicyclic) bond motifs is 1. The fourth-order valence-electron chi connectivity index (χ4n) is 4.96. The zero-order valence-corrected chi connectivity index (χ0v) is 18.8. The van der Waals surface area contributed by atoms with Gasteiger partial charge in [-0.15, -0.1) is 0 Å². The lowest BCUT2D eigenvalue weighted by Gasteiger charge is -2.20. The molecule has 5 rings (SSSR count). The highest BCUT2D eigenvalue weighted by molar-refractivity contribution is 5.86. The standard InChI is InChI=1S/C23H26F3N7O/c1-2-33-20(15-7-8-17(27-11-15)23(24,25)26)31-18-19(28-13-29-21(18)33)30-16-9-10-32(12-16)22(34)14-5-3-4-6-14/h7-8,11,13-14,16H,2-6,9-10,12H2,1H3,(H,28,29,30). The molecule has 4 heterocycles. The van der Waals surface area contributed by atoms with Crippen molar-refractivity contribution in [1.29, 1.82) is 0 Å². The van der Waals surface area contributed by atoms with Crippen LogP contribution in [0.2, 0.25) is 0 Å². The van der Waals surface area contributed by atoms with Gasteiger partial charge in [0.25, 0.3) is 0 Å². The summed E-state index contributed by atoms with van der Waals surface area (Å²) >= 11 is 0. The Labute approximate surface area is 194 Å². The number of amides is 1. The largest absolute Gasteiger partial charge is 0.433 e. The third-order valence-electron chi connectivity index (χ3n) is 6.71. The molecule has 180 valence electrons. The first-order valence-corrected chi connectivity index (χ1v) is 11.7. The first-order valence-electron chi connectivity index (χ1n) is 11.7. The van der Waals surface area contributed by atoms with Crippen LogP contribution in [0.25, 0.3) is 22.6 Å². The van der Waals surface area contributed by atoms with Gasteiger partial charge in [0, 0.05) is 43.4 Å². The Morgan fingerprint density at radius 2 is 1.94 bits per heavy atom. The van der Waals surface area contributed by atoms with Crippen molar-refractivity contribution in [2.75, 3.05) is 18.4 Å². The lowest BCUT2D eigenvalue weighted by molar-refractivity contribution is -0.141. The highest BCUT2D eigenvalue weighted by Gasteiger charge is 2.34. The number of anilines is 1. The second kappa shape index (κ2) is 8.84. The summed E-state index contributed by atoms with van der Waals surface area (Å²) in [5.41, 5.74) is 0.648. The molecule has 1 amide bonds. The second-order valence-corrected chi connectivity index (χ2v) is 8.90. The molecule has 1 N–H and O–H groups in total. The van der Waals surface area contributed by atoms with E-state index in [0.717, 1.165) is 38.2 Å². The molecule has 0 spiro atoms. The van der Waals surface area contributed by atoms with E-state index >= 15 is 0 Å². The predicted octanol–water partition coefficient (Wildman–Crippen LogP) is 4.13. The van der Waals surface area contributed by atoms with Crippen LogP contribution < -0.4 is 5.32 Å². The number of nitrogens with zero attached hydrogens (tertiary/aromatic N) is 6. The molecule has 1 saturated carbocycles. The maximum Gasteiger partial charge on any atom is 0.433 e. The van der Waals surface area contributed by atoms with Gasteiger partial charge >= 0.3 is 6.18 Å². The number of halogens is 3. The maximum atomic E-state index is 12.9. The van der Waals surface area contributed by atoms with Gasteiger partial charge in [-0.3, -0.25) is 9.78 Å². The van der Waals surface area contributed by atoms with Gasteiger partial charge in [0.1, 0.15) is 17.8 Å². The Hall–Kier alpha value is -3.24. The molecule has 2 fully saturated rings. The third-order valence-corrected chi connectivity index (χ3v) is 6.71. The van der Waals surface area contributed by atoms with Crippen LogP contribution in [-0.4, -0.2) is 54.4 Å². The number of hydrogen-bond acceptors (Lipinski definition) is 6. The van der Waals surface area contributed by atoms with Gasteiger partial charge < -0.3 is 14.8 Å². The topological polar surface area (TPSA) is 88.8 Å². The molecule has 1 unspecified atom stereocenters. The van der Waals surface area contributed by atoms with Crippen LogP contribution in [0.3, 0.4) is 0 Å². The second-order valence-electron chi connectivity index (χ2n) is 8.90. The minimum atomic E-state index is -4.50. The lowest BCUT2D eigenvalue weighted by atomic mass is 10.1. The quantitative estimate of drug-likeness (QED) is 0.600. The molecule has 1 aliphatic carbocycles. The van der Waals surface area contributed by atoms with Crippen molar-refractivity contribution in [2.45, 2.75) is 57.8 Å². The van der Waals surface area contributed by atoms with Crippen LogP contribution >= 0.6 is 0 Å². The van der Waals surface area contributed by atoms with Crippen molar-refractivity contribution in [3.8, 4) is 11.4 Å². The number of nitrogens with one attached hydrogen (secondary N) is 1. The molecular weight excluding hydrogens is 447 g/mol. The van der Waals surface area contributed by atoms with Crippen molar-refractivity contribution in [2.24, 2.45) is 5.92 Å². The average molecular weight is 474 g/mol. The number of rotatable bonds is 5. The molecule has 0 radical (unpaired) electrons. The number of hydrogen-bond donors (Lipinski definition) is 1. The van der Waals surface area contributed by atoms with Crippen molar-refractivity contribution in [3.05, 3.63) is 30.4 Å². The van der Waals surface area contributed by atoms with E-state index in [0.29, 0.717) is 48.0 Å². The number of alkyl halides is 3. The summed E-state index contributed by atoms with van der Waals surface area (Å²) in [6.45, 7) is 3.77. The molecule has 11 heteroatoms. The predicted molar refractivity (Wildman–Crippen MR) is 120 cm³/mol. The van der Waals surface area contributed by atoms with Gasteiger partial charge in [-0.05, 0) is 38.3 Å². The van der Waals surface area contributed by atoms with Crippen LogP contribution in [-0.2, 0) is 17.5 Å². The Morgan fingerprint density at radius 3 is 2.62 bits per heavy atom. The van der Waals surface area contributed by atoms with Crippen molar-refractivity contribution in [3.63, 3.8) is 0 Å². The summed E-state index contributed by atoms with van der Waals surface area (Å²) in [5.74, 6) is 1.44. The zero-order chi connectivity index (χ0) is 23.9. The van der Waals surface area contributed by atoms with Crippen LogP contribution in [0, 0.1) is 5.92 Å². The number of carbonyl (C=O) groups is 1. The van der Waals surface area contributed by atoms with Crippen molar-refractivity contribution in [1.82, 2.24) is 29.4 Å². The number of carbonyl (C=O) groups excluding carboxylic acids is 1. The van der Waals surface area contributed by atoms with E-state index in [2.05, 4.69) is 25.3 Å². The van der Waals surface area contributed by atoms with Gasteiger partial charge in [-0.25, -0.2) is 15.0 Å². The fourth-order valence-corrected chi connectivity index (χ4v) is 4.96. The van der Waals surface area contributed by atoms with E-state index < -0.39 is 11.9 Å². The monoisotopic (exact) mass is 473 g/mol. The summed E-state index contributed by atoms with van der Waals surface area (Å²) in [4.78, 5) is 31.7. The Kier molecular flexibility index (Phi) is 5.86. The molecule has 3 aromatic rings. The van der Waals surface area contributed by atoms with Crippen LogP contribution in [0.15, 0.2) is 24.7 Å². The van der Waals surface area contributed by atoms with Gasteiger partial charge in [0.2, 0.25) is 5.91 Å². The number of aryl methyl sites for hydroxylation is 1. The fraction of sp³-hybridized carbons (Fsp3) is 0.522. The first kappa shape index (κ1) is 22.5. The molecule has 1 atom stereocenters. The summed E-state index contributed by atoms with van der Waals surface area (Å²) in [6, 6.07) is 2.37. The van der Waals surface area contributed by atoms with Crippen LogP contribution in [0.5, 0.6) is 0 Å². The van der Waals surface area contributed by atoms with Crippen LogP contribution in [0.1, 0.15) is 44.7 Å². The number of likely N-dealkylation sites (tertiary alicyclic amines) is 1. The zero-order valence-electron chi connectivity index (χ0n) is 18.8. The summed E-state index contributed by atoms with van der Waals surface area (Å²) in [5, 5.41) is 3.42. The van der Waals surface area contributed by atoms with Gasteiger partial charge in [0.15, 0.2) is 17.0 Å². The van der Waals surface area contributed by atoms with Crippen LogP contribution in [0.4, 0.5) is 19.0 Å². The van der Waals surface area contributed by atoms with Crippen molar-refractivity contribution < 1.29 is 18.0 Å². The Morgan fingerprint density at radius 1 is 1.15 bits per heavy atom. The minimum Gasteiger partial charge on any atom is -0.364 e. The first-order chi connectivity index (χ1) is 16.3. The van der Waals surface area contributed by atoms with E-state index in [-0.39, 0.29) is 17.9 Å². The van der Waals surface area contributed by atoms with E-state index in [1.165, 1.54) is 18.6 Å². The minimum absolute atomic E-state index is 0.0476. The van der Waals surface area contributed by atoms with E-state index in [9.17, 15) is 18.0 Å². The van der Waals surface area contributed by atoms with Gasteiger partial charge in [0.05, 0.1) is 0 Å². The molecule has 8 nitrogen and oxygen atoms in total. The molecule has 34 heavy (non-hydrogen) atoms. The maximum absolute atomic E-state index is 12.9. The van der Waals surface area contributed by atoms with E-state index in [1.807, 2.05) is 16.4 Å². The lowest BCUT2D eigenvalue weighted by Crippen LogP contribution is -2.35. The van der Waals surface area contributed by atoms with E-state index in [1.54, 1.807) is 0 Å². The Bertz CT molecular complexity index is 1190. The summed E-state index contributed by atoms with van der Waals surface area (Å²) in [7, 11) is 0. The molecular formula is C23H26F3N7O. The highest BCUT2D eigenvalue weighted by Crippen LogP contribution is 2.32. The normalized spacial score (nSPS) is 19.3. The number of aromatic nitrogens is 5. The molecule has 3 aromatic heterocycles. The molecule has 0 aromatic carbocycles. The number of pyridine rings is 1. The molecule has 2 aliphatic rings. The molecule has 1 saturated heterocycles. The SMILES string of the molecule is CCn1c(-c2ccc(C(F)(F)F)nc2)nc2c(NC3CCN(C(=O)C4CCCC4)C3)ncnc21. The summed E-state index contributed by atoms with van der Waals surface area (Å²) < 4.78 is 40.6. The van der Waals surface area contributed by atoms with Gasteiger partial charge in [-0.2, -0.15) is 13.2 Å². The highest BCUT2D eigenvalue weighted by atomic mass is 19.4. The summed E-state index contributed by atoms with van der Waals surface area (Å²) in [6.07, 6.45) is 3.16. The van der Waals surface area contributed by atoms with Gasteiger partial charge in [-0.1, -0.05) is 12.8 Å². The van der Waals surface area contributed by atoms with Crippen molar-refractivity contribution >= 4 is 22.9 Å². The number of imidazole rings is 1. The van der Waals surface area contributed by atoms with E-state index in [4.69, 9.17) is 0 Å². The third kappa shape index (κ3) is 4.19. The molecule has 1 aliphatic heterocycles. The smallest absolute Gasteiger partial charge is 0.364 e.